The molecule has 0 radical (unpaired) electrons. The topological polar surface area (TPSA) is 160 Å². The molecular formula is C37H64O9. The van der Waals surface area contributed by atoms with Gasteiger partial charge in [0.05, 0.1) is 37.1 Å². The van der Waals surface area contributed by atoms with E-state index in [1.807, 2.05) is 0 Å². The fourth-order valence-electron chi connectivity index (χ4n) is 12.2. The van der Waals surface area contributed by atoms with Gasteiger partial charge in [0.2, 0.25) is 0 Å². The number of rotatable bonds is 8. The van der Waals surface area contributed by atoms with Crippen LogP contribution in [0.15, 0.2) is 11.6 Å². The Morgan fingerprint density at radius 1 is 0.870 bits per heavy atom. The zero-order valence-electron chi connectivity index (χ0n) is 29.5. The third kappa shape index (κ3) is 5.56. The molecule has 266 valence electrons. The molecule has 9 heteroatoms. The highest BCUT2D eigenvalue weighted by Crippen LogP contribution is 2.76. The molecule has 16 atom stereocenters. The van der Waals surface area contributed by atoms with Crippen molar-refractivity contribution >= 4 is 0 Å². The van der Waals surface area contributed by atoms with E-state index >= 15 is 0 Å². The van der Waals surface area contributed by atoms with E-state index in [2.05, 4.69) is 61.5 Å². The summed E-state index contributed by atoms with van der Waals surface area (Å²) in [5.41, 5.74) is -0.620. The SMILES string of the molecule is CC(C)=CCC[C@](C)(OCC1OC(CO)[C@@H](O)[C@@H](O)[C@@H]1O)C1CC[C@]2(C)C1[C@H](O)CC1[C@@]3(C)CCC(O)C(C)(C)C3[C@@H](O)C[C@]12C. The minimum atomic E-state index is -1.46. The van der Waals surface area contributed by atoms with Crippen LogP contribution in [-0.2, 0) is 9.47 Å². The van der Waals surface area contributed by atoms with Crippen molar-refractivity contribution < 1.29 is 45.2 Å². The van der Waals surface area contributed by atoms with Crippen molar-refractivity contribution in [3.63, 3.8) is 0 Å². The summed E-state index contributed by atoms with van der Waals surface area (Å²) < 4.78 is 12.6. The van der Waals surface area contributed by atoms with E-state index < -0.39 is 66.5 Å². The Hall–Kier alpha value is -0.620. The number of hydrogen-bond donors (Lipinski definition) is 7. The summed E-state index contributed by atoms with van der Waals surface area (Å²) in [7, 11) is 0. The molecule has 5 rings (SSSR count). The van der Waals surface area contributed by atoms with Crippen LogP contribution in [0.5, 0.6) is 0 Å². The van der Waals surface area contributed by atoms with Gasteiger partial charge < -0.3 is 45.2 Å². The van der Waals surface area contributed by atoms with Crippen LogP contribution in [0.4, 0.5) is 0 Å². The number of hydrogen-bond acceptors (Lipinski definition) is 9. The smallest absolute Gasteiger partial charge is 0.111 e. The minimum Gasteiger partial charge on any atom is -0.394 e. The fourth-order valence-corrected chi connectivity index (χ4v) is 12.2. The minimum absolute atomic E-state index is 0.00647. The van der Waals surface area contributed by atoms with Crippen LogP contribution < -0.4 is 0 Å². The number of aliphatic hydroxyl groups excluding tert-OH is 7. The summed E-state index contributed by atoms with van der Waals surface area (Å²) in [6.45, 7) is 16.9. The van der Waals surface area contributed by atoms with Gasteiger partial charge in [-0.05, 0) is 117 Å². The second kappa shape index (κ2) is 12.6. The van der Waals surface area contributed by atoms with Crippen LogP contribution in [0.25, 0.3) is 0 Å². The van der Waals surface area contributed by atoms with Crippen LogP contribution in [0.3, 0.4) is 0 Å². The molecule has 5 fully saturated rings. The van der Waals surface area contributed by atoms with E-state index in [-0.39, 0.29) is 46.5 Å². The second-order valence-electron chi connectivity index (χ2n) is 17.8. The molecule has 1 heterocycles. The van der Waals surface area contributed by atoms with Crippen molar-refractivity contribution in [3.05, 3.63) is 11.6 Å². The predicted molar refractivity (Wildman–Crippen MR) is 175 cm³/mol. The maximum atomic E-state index is 12.3. The average molecular weight is 653 g/mol. The normalized spacial score (nSPS) is 51.4. The zero-order valence-corrected chi connectivity index (χ0v) is 29.5. The maximum absolute atomic E-state index is 12.3. The van der Waals surface area contributed by atoms with Gasteiger partial charge in [-0.3, -0.25) is 0 Å². The first kappa shape index (κ1) is 36.7. The van der Waals surface area contributed by atoms with Gasteiger partial charge in [-0.1, -0.05) is 46.3 Å². The van der Waals surface area contributed by atoms with E-state index in [1.165, 1.54) is 5.57 Å². The first-order chi connectivity index (χ1) is 21.3. The molecule has 4 saturated carbocycles. The van der Waals surface area contributed by atoms with E-state index in [0.717, 1.165) is 25.7 Å². The van der Waals surface area contributed by atoms with Gasteiger partial charge >= 0.3 is 0 Å². The third-order valence-corrected chi connectivity index (χ3v) is 14.8. The molecule has 1 saturated heterocycles. The summed E-state index contributed by atoms with van der Waals surface area (Å²) in [6.07, 6.45) is 0.476. The van der Waals surface area contributed by atoms with E-state index in [9.17, 15) is 35.7 Å². The Bertz CT molecular complexity index is 1120. The molecule has 9 nitrogen and oxygen atoms in total. The maximum Gasteiger partial charge on any atom is 0.111 e. The molecule has 1 aliphatic heterocycles. The Balaban J connectivity index is 1.46. The largest absolute Gasteiger partial charge is 0.394 e. The predicted octanol–water partition coefficient (Wildman–Crippen LogP) is 3.34. The number of ether oxygens (including phenoxy) is 2. The summed E-state index contributed by atoms with van der Waals surface area (Å²) in [5.74, 6) is 0.0625. The lowest BCUT2D eigenvalue weighted by Crippen LogP contribution is -2.69. The molecule has 4 aliphatic carbocycles. The highest BCUT2D eigenvalue weighted by atomic mass is 16.6. The third-order valence-electron chi connectivity index (χ3n) is 14.8. The van der Waals surface area contributed by atoms with Crippen molar-refractivity contribution in [2.24, 2.45) is 45.3 Å². The van der Waals surface area contributed by atoms with E-state index in [0.29, 0.717) is 25.7 Å². The first-order valence-corrected chi connectivity index (χ1v) is 17.9. The molecular weight excluding hydrogens is 588 g/mol. The zero-order chi connectivity index (χ0) is 34.2. The van der Waals surface area contributed by atoms with Gasteiger partial charge in [0.1, 0.15) is 30.5 Å². The van der Waals surface area contributed by atoms with Crippen molar-refractivity contribution in [1.82, 2.24) is 0 Å². The van der Waals surface area contributed by atoms with Gasteiger partial charge in [-0.15, -0.1) is 0 Å². The second-order valence-corrected chi connectivity index (χ2v) is 17.8. The molecule has 5 aliphatic rings. The molecule has 0 bridgehead atoms. The first-order valence-electron chi connectivity index (χ1n) is 17.9. The van der Waals surface area contributed by atoms with Gasteiger partial charge in [0, 0.05) is 0 Å². The molecule has 0 spiro atoms. The lowest BCUT2D eigenvalue weighted by atomic mass is 9.34. The molecule has 7 N–H and O–H groups in total. The number of fused-ring (bicyclic) bond motifs is 5. The van der Waals surface area contributed by atoms with Crippen LogP contribution in [0, 0.1) is 45.3 Å². The fraction of sp³-hybridized carbons (Fsp3) is 0.946. The van der Waals surface area contributed by atoms with E-state index in [4.69, 9.17) is 9.47 Å². The summed E-state index contributed by atoms with van der Waals surface area (Å²) in [5, 5.41) is 76.5. The monoisotopic (exact) mass is 652 g/mol. The standard InChI is InChI=1S/C37H64O9/c1-20(2)10-9-13-37(8,45-19-25-30(43)31(44)29(42)24(18-38)46-25)21-11-15-35(6)28(21)22(39)16-26-34(5)14-12-27(41)33(3,4)32(34)23(40)17-36(26,35)7/h10,21-32,38-44H,9,11-19H2,1-8H3/t21?,22-,23+,24?,25?,26?,27?,28?,29-,30-,31-,32?,34-,35-,36-,37+/m1/s1. The van der Waals surface area contributed by atoms with Gasteiger partial charge in [0.25, 0.3) is 0 Å². The Morgan fingerprint density at radius 3 is 2.15 bits per heavy atom. The highest BCUT2D eigenvalue weighted by molar-refractivity contribution is 5.21. The number of allylic oxidation sites excluding steroid dienone is 2. The molecule has 0 aromatic carbocycles. The van der Waals surface area contributed by atoms with Gasteiger partial charge in [-0.25, -0.2) is 0 Å². The summed E-state index contributed by atoms with van der Waals surface area (Å²) >= 11 is 0. The van der Waals surface area contributed by atoms with E-state index in [1.54, 1.807) is 0 Å². The van der Waals surface area contributed by atoms with Crippen molar-refractivity contribution in [2.45, 2.75) is 161 Å². The molecule has 46 heavy (non-hydrogen) atoms. The molecule has 0 aromatic rings. The number of aliphatic hydroxyl groups is 7. The van der Waals surface area contributed by atoms with Crippen molar-refractivity contribution in [1.29, 1.82) is 0 Å². The molecule has 0 aromatic heterocycles. The van der Waals surface area contributed by atoms with Gasteiger partial charge in [-0.2, -0.15) is 0 Å². The van der Waals surface area contributed by atoms with Crippen LogP contribution in [0.1, 0.15) is 107 Å². The molecule has 0 amide bonds. The summed E-state index contributed by atoms with van der Waals surface area (Å²) in [6, 6.07) is 0. The Morgan fingerprint density at radius 2 is 1.52 bits per heavy atom. The van der Waals surface area contributed by atoms with Crippen molar-refractivity contribution in [2.75, 3.05) is 13.2 Å². The highest BCUT2D eigenvalue weighted by Gasteiger charge is 2.73. The lowest BCUT2D eigenvalue weighted by Gasteiger charge is -2.71. The summed E-state index contributed by atoms with van der Waals surface area (Å²) in [4.78, 5) is 0. The van der Waals surface area contributed by atoms with Crippen LogP contribution in [-0.4, -0.2) is 103 Å². The van der Waals surface area contributed by atoms with Crippen LogP contribution >= 0.6 is 0 Å². The van der Waals surface area contributed by atoms with Crippen LogP contribution in [0.2, 0.25) is 0 Å². The quantitative estimate of drug-likeness (QED) is 0.195. The Kier molecular flexibility index (Phi) is 10.0. The molecule has 7 unspecified atom stereocenters. The lowest BCUT2D eigenvalue weighted by molar-refractivity contribution is -0.278. The average Bonchev–Trinajstić information content (AvgIpc) is 3.35. The van der Waals surface area contributed by atoms with Gasteiger partial charge in [0.15, 0.2) is 0 Å². The Labute approximate surface area is 276 Å². The van der Waals surface area contributed by atoms with Crippen molar-refractivity contribution in [3.8, 4) is 0 Å².